The number of cyclic esters (lactones) is 1. The van der Waals surface area contributed by atoms with Crippen LogP contribution >= 0.6 is 0 Å². The maximum atomic E-state index is 12.7. The molecule has 0 bridgehead atoms. The lowest BCUT2D eigenvalue weighted by molar-refractivity contribution is -0.209. The molecule has 0 radical (unpaired) electrons. The van der Waals surface area contributed by atoms with Crippen molar-refractivity contribution in [2.75, 3.05) is 13.6 Å². The van der Waals surface area contributed by atoms with E-state index in [1.54, 1.807) is 0 Å². The van der Waals surface area contributed by atoms with Gasteiger partial charge in [-0.2, -0.15) is 0 Å². The average Bonchev–Trinajstić information content (AvgIpc) is 2.95. The van der Waals surface area contributed by atoms with Gasteiger partial charge in [0.1, 0.15) is 12.2 Å². The van der Waals surface area contributed by atoms with Crippen molar-refractivity contribution in [3.8, 4) is 0 Å². The van der Waals surface area contributed by atoms with Crippen molar-refractivity contribution in [3.05, 3.63) is 0 Å². The summed E-state index contributed by atoms with van der Waals surface area (Å²) in [5.74, 6) is -1.02. The van der Waals surface area contributed by atoms with Crippen molar-refractivity contribution < 1.29 is 34.8 Å². The van der Waals surface area contributed by atoms with Gasteiger partial charge < -0.3 is 30.5 Å². The maximum absolute atomic E-state index is 12.7. The van der Waals surface area contributed by atoms with E-state index in [2.05, 4.69) is 12.2 Å². The van der Waals surface area contributed by atoms with E-state index in [0.717, 1.165) is 19.4 Å². The second-order valence-corrected chi connectivity index (χ2v) is 7.45. The highest BCUT2D eigenvalue weighted by Gasteiger charge is 2.49. The summed E-state index contributed by atoms with van der Waals surface area (Å²) >= 11 is 0. The second kappa shape index (κ2) is 8.62. The fraction of sp³-hybridized carbons (Fsp3) is 0.882. The van der Waals surface area contributed by atoms with E-state index in [0.29, 0.717) is 12.3 Å². The molecule has 150 valence electrons. The number of ether oxygens (including phenoxy) is 1. The molecule has 0 aromatic carbocycles. The molecule has 2 aliphatic heterocycles. The number of likely N-dealkylation sites (tertiary alicyclic amines) is 1. The SMILES string of the molecule is CCC[C@@H]1C[C@@H](C(=O)N[C@@H]([C@H]2OC(=O)[C@H](O)[C@@H](O)[C@H]2O)[C@@H](C)O)N(C)C1. The molecule has 0 aliphatic carbocycles. The molecule has 0 aromatic heterocycles. The summed E-state index contributed by atoms with van der Waals surface area (Å²) in [5.41, 5.74) is 0. The Morgan fingerprint density at radius 2 is 2.00 bits per heavy atom. The van der Waals surface area contributed by atoms with E-state index < -0.39 is 42.5 Å². The van der Waals surface area contributed by atoms with Crippen LogP contribution in [-0.2, 0) is 14.3 Å². The van der Waals surface area contributed by atoms with Crippen molar-refractivity contribution in [1.29, 1.82) is 0 Å². The molecule has 2 aliphatic rings. The van der Waals surface area contributed by atoms with E-state index in [1.165, 1.54) is 6.92 Å². The van der Waals surface area contributed by atoms with E-state index >= 15 is 0 Å². The number of carbonyl (C=O) groups excluding carboxylic acids is 2. The first-order valence-corrected chi connectivity index (χ1v) is 9.10. The highest BCUT2D eigenvalue weighted by molar-refractivity contribution is 5.82. The molecule has 2 fully saturated rings. The fourth-order valence-electron chi connectivity index (χ4n) is 3.85. The van der Waals surface area contributed by atoms with Crippen LogP contribution in [0.1, 0.15) is 33.1 Å². The largest absolute Gasteiger partial charge is 0.455 e. The molecular weight excluding hydrogens is 344 g/mol. The van der Waals surface area contributed by atoms with Gasteiger partial charge in [0.05, 0.1) is 18.2 Å². The molecule has 2 heterocycles. The van der Waals surface area contributed by atoms with Gasteiger partial charge >= 0.3 is 5.97 Å². The standard InChI is InChI=1S/C17H30N2O7/c1-4-5-9-6-10(19(3)7-9)16(24)18-11(8(2)20)15-13(22)12(21)14(23)17(25)26-15/h8-15,20-23H,4-7H2,1-3H3,(H,18,24)/t8-,9-,10+,11-,12+,13-,14-,15-/m1/s1. The maximum Gasteiger partial charge on any atom is 0.338 e. The predicted molar refractivity (Wildman–Crippen MR) is 90.9 cm³/mol. The average molecular weight is 374 g/mol. The van der Waals surface area contributed by atoms with Gasteiger partial charge in [0, 0.05) is 6.54 Å². The highest BCUT2D eigenvalue weighted by Crippen LogP contribution is 2.26. The summed E-state index contributed by atoms with van der Waals surface area (Å²) in [5, 5.41) is 42.1. The van der Waals surface area contributed by atoms with Crippen LogP contribution in [0.15, 0.2) is 0 Å². The molecule has 2 saturated heterocycles. The lowest BCUT2D eigenvalue weighted by Gasteiger charge is -2.39. The minimum atomic E-state index is -1.86. The molecule has 0 unspecified atom stereocenters. The van der Waals surface area contributed by atoms with Crippen LogP contribution in [0.5, 0.6) is 0 Å². The summed E-state index contributed by atoms with van der Waals surface area (Å²) in [6.07, 6.45) is -4.99. The molecule has 0 spiro atoms. The Hall–Kier alpha value is -1.26. The van der Waals surface area contributed by atoms with Gasteiger partial charge in [0.2, 0.25) is 5.91 Å². The third-order valence-electron chi connectivity index (χ3n) is 5.32. The molecule has 0 saturated carbocycles. The lowest BCUT2D eigenvalue weighted by atomic mass is 9.91. The number of hydrogen-bond acceptors (Lipinski definition) is 8. The smallest absolute Gasteiger partial charge is 0.338 e. The molecule has 9 nitrogen and oxygen atoms in total. The van der Waals surface area contributed by atoms with Gasteiger partial charge in [0.15, 0.2) is 12.2 Å². The number of amides is 1. The molecule has 26 heavy (non-hydrogen) atoms. The van der Waals surface area contributed by atoms with Gasteiger partial charge in [-0.3, -0.25) is 9.69 Å². The Balaban J connectivity index is 2.08. The number of rotatable bonds is 6. The Morgan fingerprint density at radius 1 is 1.35 bits per heavy atom. The van der Waals surface area contributed by atoms with Crippen LogP contribution < -0.4 is 5.32 Å². The number of nitrogens with zero attached hydrogens (tertiary/aromatic N) is 1. The van der Waals surface area contributed by atoms with Crippen molar-refractivity contribution in [2.45, 2.75) is 75.7 Å². The van der Waals surface area contributed by atoms with Crippen LogP contribution in [0, 0.1) is 5.92 Å². The summed E-state index contributed by atoms with van der Waals surface area (Å²) in [6, 6.07) is -1.48. The van der Waals surface area contributed by atoms with Crippen LogP contribution in [0.3, 0.4) is 0 Å². The first-order valence-electron chi connectivity index (χ1n) is 9.10. The minimum absolute atomic E-state index is 0.333. The van der Waals surface area contributed by atoms with Crippen LogP contribution in [0.2, 0.25) is 0 Å². The van der Waals surface area contributed by atoms with Crippen molar-refractivity contribution in [2.24, 2.45) is 5.92 Å². The number of aliphatic hydroxyl groups excluding tert-OH is 4. The fourth-order valence-corrected chi connectivity index (χ4v) is 3.85. The first-order chi connectivity index (χ1) is 12.2. The van der Waals surface area contributed by atoms with E-state index in [1.807, 2.05) is 11.9 Å². The minimum Gasteiger partial charge on any atom is -0.455 e. The summed E-state index contributed by atoms with van der Waals surface area (Å²) in [6.45, 7) is 4.29. The predicted octanol–water partition coefficient (Wildman–Crippen LogP) is -2.02. The Kier molecular flexibility index (Phi) is 6.98. The summed E-state index contributed by atoms with van der Waals surface area (Å²) in [7, 11) is 1.85. The number of esters is 1. The van der Waals surface area contributed by atoms with Crippen LogP contribution in [0.4, 0.5) is 0 Å². The van der Waals surface area contributed by atoms with Crippen molar-refractivity contribution in [1.82, 2.24) is 10.2 Å². The van der Waals surface area contributed by atoms with E-state index in [9.17, 15) is 30.0 Å². The van der Waals surface area contributed by atoms with Gasteiger partial charge in [-0.1, -0.05) is 13.3 Å². The Morgan fingerprint density at radius 3 is 2.58 bits per heavy atom. The normalized spacial score (nSPS) is 37.9. The van der Waals surface area contributed by atoms with Gasteiger partial charge in [0.25, 0.3) is 0 Å². The van der Waals surface area contributed by atoms with E-state index in [4.69, 9.17) is 4.74 Å². The van der Waals surface area contributed by atoms with Crippen LogP contribution in [0.25, 0.3) is 0 Å². The van der Waals surface area contributed by atoms with Crippen molar-refractivity contribution in [3.63, 3.8) is 0 Å². The van der Waals surface area contributed by atoms with E-state index in [-0.39, 0.29) is 11.9 Å². The zero-order valence-electron chi connectivity index (χ0n) is 15.4. The molecular formula is C17H30N2O7. The third-order valence-corrected chi connectivity index (χ3v) is 5.32. The Labute approximate surface area is 152 Å². The lowest BCUT2D eigenvalue weighted by Crippen LogP contribution is -2.65. The number of carbonyl (C=O) groups is 2. The second-order valence-electron chi connectivity index (χ2n) is 7.45. The zero-order valence-corrected chi connectivity index (χ0v) is 15.4. The molecule has 8 atom stereocenters. The number of likely N-dealkylation sites (N-methyl/N-ethyl adjacent to an activating group) is 1. The summed E-state index contributed by atoms with van der Waals surface area (Å²) in [4.78, 5) is 26.3. The van der Waals surface area contributed by atoms with Gasteiger partial charge in [-0.05, 0) is 32.7 Å². The molecule has 0 aromatic rings. The zero-order chi connectivity index (χ0) is 19.6. The quantitative estimate of drug-likeness (QED) is 0.336. The topological polar surface area (TPSA) is 140 Å². The monoisotopic (exact) mass is 374 g/mol. The third kappa shape index (κ3) is 4.34. The number of aliphatic hydroxyl groups is 4. The highest BCUT2D eigenvalue weighted by atomic mass is 16.6. The van der Waals surface area contributed by atoms with Gasteiger partial charge in [-0.15, -0.1) is 0 Å². The van der Waals surface area contributed by atoms with Crippen molar-refractivity contribution >= 4 is 11.9 Å². The number of hydrogen-bond donors (Lipinski definition) is 5. The number of nitrogens with one attached hydrogen (secondary N) is 1. The molecule has 2 rings (SSSR count). The molecule has 5 N–H and O–H groups in total. The van der Waals surface area contributed by atoms with Crippen LogP contribution in [-0.4, -0.2) is 93.4 Å². The Bertz CT molecular complexity index is 515. The molecule has 9 heteroatoms. The molecule has 1 amide bonds. The first kappa shape index (κ1) is 21.0. The summed E-state index contributed by atoms with van der Waals surface area (Å²) < 4.78 is 4.97. The van der Waals surface area contributed by atoms with Gasteiger partial charge in [-0.25, -0.2) is 4.79 Å².